The van der Waals surface area contributed by atoms with Crippen molar-refractivity contribution in [3.05, 3.63) is 33.8 Å². The summed E-state index contributed by atoms with van der Waals surface area (Å²) in [4.78, 5) is 0. The first kappa shape index (κ1) is 14.1. The average molecular weight is 283 g/mol. The summed E-state index contributed by atoms with van der Waals surface area (Å²) in [6.45, 7) is 1.23. The second-order valence-electron chi connectivity index (χ2n) is 3.42. The molecule has 1 rings (SSSR count). The van der Waals surface area contributed by atoms with Crippen LogP contribution in [0.2, 0.25) is 10.0 Å². The summed E-state index contributed by atoms with van der Waals surface area (Å²) >= 11 is 17.6. The van der Waals surface area contributed by atoms with Crippen molar-refractivity contribution in [2.24, 2.45) is 0 Å². The molecular formula is C11H14Cl3NO. The van der Waals surface area contributed by atoms with Crippen LogP contribution in [0.4, 0.5) is 0 Å². The third kappa shape index (κ3) is 4.48. The normalized spacial score (nSPS) is 12.8. The first-order valence-electron chi connectivity index (χ1n) is 4.89. The van der Waals surface area contributed by atoms with Gasteiger partial charge in [0.15, 0.2) is 0 Å². The molecule has 0 aliphatic rings. The number of hydrogen-bond acceptors (Lipinski definition) is 2. The topological polar surface area (TPSA) is 21.3 Å². The Bertz CT molecular complexity index is 333. The largest absolute Gasteiger partial charge is 0.383 e. The summed E-state index contributed by atoms with van der Waals surface area (Å²) in [6.07, 6.45) is 0. The summed E-state index contributed by atoms with van der Waals surface area (Å²) < 4.78 is 5.03. The molecule has 16 heavy (non-hydrogen) atoms. The Morgan fingerprint density at radius 2 is 2.12 bits per heavy atom. The molecule has 0 saturated carbocycles. The minimum absolute atomic E-state index is 0.124. The number of benzene rings is 1. The zero-order valence-electron chi connectivity index (χ0n) is 8.97. The molecule has 0 amide bonds. The van der Waals surface area contributed by atoms with Crippen LogP contribution in [0.5, 0.6) is 0 Å². The van der Waals surface area contributed by atoms with Crippen LogP contribution >= 0.6 is 34.8 Å². The molecule has 0 heterocycles. The SMILES string of the molecule is COCC(CCl)NCc1ccc(Cl)cc1Cl. The van der Waals surface area contributed by atoms with Gasteiger partial charge in [-0.25, -0.2) is 0 Å². The van der Waals surface area contributed by atoms with E-state index in [-0.39, 0.29) is 6.04 Å². The zero-order chi connectivity index (χ0) is 12.0. The quantitative estimate of drug-likeness (QED) is 0.808. The first-order valence-corrected chi connectivity index (χ1v) is 6.18. The number of nitrogens with one attached hydrogen (secondary N) is 1. The lowest BCUT2D eigenvalue weighted by atomic mass is 10.2. The van der Waals surface area contributed by atoms with Gasteiger partial charge >= 0.3 is 0 Å². The molecule has 1 N–H and O–H groups in total. The minimum atomic E-state index is 0.124. The van der Waals surface area contributed by atoms with E-state index in [0.717, 1.165) is 5.56 Å². The Kier molecular flexibility index (Phi) is 6.47. The van der Waals surface area contributed by atoms with Crippen LogP contribution in [0.25, 0.3) is 0 Å². The lowest BCUT2D eigenvalue weighted by Gasteiger charge is -2.15. The van der Waals surface area contributed by atoms with E-state index in [9.17, 15) is 0 Å². The molecule has 1 unspecified atom stereocenters. The summed E-state index contributed by atoms with van der Waals surface area (Å²) in [5.74, 6) is 0.499. The van der Waals surface area contributed by atoms with Gasteiger partial charge in [-0.1, -0.05) is 29.3 Å². The predicted octanol–water partition coefficient (Wildman–Crippen LogP) is 3.34. The van der Waals surface area contributed by atoms with Gasteiger partial charge in [0.05, 0.1) is 6.61 Å². The van der Waals surface area contributed by atoms with Crippen molar-refractivity contribution in [1.82, 2.24) is 5.32 Å². The van der Waals surface area contributed by atoms with E-state index in [1.165, 1.54) is 0 Å². The van der Waals surface area contributed by atoms with Crippen molar-refractivity contribution in [3.63, 3.8) is 0 Å². The number of ether oxygens (including phenoxy) is 1. The highest BCUT2D eigenvalue weighted by Gasteiger charge is 2.07. The Hall–Kier alpha value is 0.01000. The van der Waals surface area contributed by atoms with E-state index in [1.54, 1.807) is 13.2 Å². The molecular weight excluding hydrogens is 268 g/mol. The maximum absolute atomic E-state index is 6.04. The standard InChI is InChI=1S/C11H14Cl3NO/c1-16-7-10(5-12)15-6-8-2-3-9(13)4-11(8)14/h2-4,10,15H,5-7H2,1H3. The summed E-state index contributed by atoms with van der Waals surface area (Å²) in [6, 6.07) is 5.57. The Balaban J connectivity index is 2.53. The highest BCUT2D eigenvalue weighted by atomic mass is 35.5. The van der Waals surface area contributed by atoms with Crippen molar-refractivity contribution >= 4 is 34.8 Å². The maximum atomic E-state index is 6.04. The molecule has 0 saturated heterocycles. The van der Waals surface area contributed by atoms with Crippen molar-refractivity contribution in [1.29, 1.82) is 0 Å². The van der Waals surface area contributed by atoms with Gasteiger partial charge in [0.2, 0.25) is 0 Å². The Morgan fingerprint density at radius 3 is 2.69 bits per heavy atom. The third-order valence-electron chi connectivity index (χ3n) is 2.15. The molecule has 0 spiro atoms. The fourth-order valence-electron chi connectivity index (χ4n) is 1.28. The van der Waals surface area contributed by atoms with Gasteiger partial charge in [-0.15, -0.1) is 11.6 Å². The number of halogens is 3. The number of methoxy groups -OCH3 is 1. The molecule has 0 aliphatic carbocycles. The molecule has 5 heteroatoms. The van der Waals surface area contributed by atoms with E-state index in [0.29, 0.717) is 29.1 Å². The van der Waals surface area contributed by atoms with Gasteiger partial charge in [-0.3, -0.25) is 0 Å². The van der Waals surface area contributed by atoms with E-state index in [1.807, 2.05) is 12.1 Å². The highest BCUT2D eigenvalue weighted by Crippen LogP contribution is 2.20. The summed E-state index contributed by atoms with van der Waals surface area (Å²) in [5.41, 5.74) is 0.997. The lowest BCUT2D eigenvalue weighted by molar-refractivity contribution is 0.172. The van der Waals surface area contributed by atoms with Gasteiger partial charge in [0, 0.05) is 35.6 Å². The minimum Gasteiger partial charge on any atom is -0.383 e. The Labute approximate surface area is 111 Å². The van der Waals surface area contributed by atoms with Gasteiger partial charge in [-0.2, -0.15) is 0 Å². The monoisotopic (exact) mass is 281 g/mol. The molecule has 1 aromatic rings. The van der Waals surface area contributed by atoms with Gasteiger partial charge in [0.1, 0.15) is 0 Å². The van der Waals surface area contributed by atoms with E-state index in [2.05, 4.69) is 5.32 Å². The number of rotatable bonds is 6. The summed E-state index contributed by atoms with van der Waals surface area (Å²) in [5, 5.41) is 4.56. The van der Waals surface area contributed by atoms with Crippen LogP contribution in [0.3, 0.4) is 0 Å². The molecule has 0 aromatic heterocycles. The van der Waals surface area contributed by atoms with Gasteiger partial charge in [-0.05, 0) is 17.7 Å². The molecule has 0 radical (unpaired) electrons. The second kappa shape index (κ2) is 7.36. The molecule has 1 aromatic carbocycles. The molecule has 0 aliphatic heterocycles. The fourth-order valence-corrected chi connectivity index (χ4v) is 1.95. The molecule has 90 valence electrons. The molecule has 2 nitrogen and oxygen atoms in total. The van der Waals surface area contributed by atoms with Crippen LogP contribution in [0, 0.1) is 0 Å². The lowest BCUT2D eigenvalue weighted by Crippen LogP contribution is -2.34. The van der Waals surface area contributed by atoms with E-state index < -0.39 is 0 Å². The van der Waals surface area contributed by atoms with Gasteiger partial charge in [0.25, 0.3) is 0 Å². The van der Waals surface area contributed by atoms with Crippen LogP contribution in [0.15, 0.2) is 18.2 Å². The van der Waals surface area contributed by atoms with Crippen molar-refractivity contribution < 1.29 is 4.74 Å². The van der Waals surface area contributed by atoms with Gasteiger partial charge < -0.3 is 10.1 Å². The van der Waals surface area contributed by atoms with E-state index >= 15 is 0 Å². The highest BCUT2D eigenvalue weighted by molar-refractivity contribution is 6.35. The van der Waals surface area contributed by atoms with Crippen molar-refractivity contribution in [3.8, 4) is 0 Å². The predicted molar refractivity (Wildman–Crippen MR) is 69.7 cm³/mol. The Morgan fingerprint density at radius 1 is 1.38 bits per heavy atom. The number of alkyl halides is 1. The molecule has 1 atom stereocenters. The average Bonchev–Trinajstić information content (AvgIpc) is 2.26. The first-order chi connectivity index (χ1) is 7.67. The fraction of sp³-hybridized carbons (Fsp3) is 0.455. The molecule has 0 bridgehead atoms. The van der Waals surface area contributed by atoms with E-state index in [4.69, 9.17) is 39.5 Å². The second-order valence-corrected chi connectivity index (χ2v) is 4.58. The smallest absolute Gasteiger partial charge is 0.0627 e. The molecule has 0 fully saturated rings. The zero-order valence-corrected chi connectivity index (χ0v) is 11.2. The van der Waals surface area contributed by atoms with Crippen molar-refractivity contribution in [2.45, 2.75) is 12.6 Å². The van der Waals surface area contributed by atoms with Crippen molar-refractivity contribution in [2.75, 3.05) is 19.6 Å². The van der Waals surface area contributed by atoms with Crippen LogP contribution in [-0.2, 0) is 11.3 Å². The maximum Gasteiger partial charge on any atom is 0.0627 e. The van der Waals surface area contributed by atoms with Crippen LogP contribution < -0.4 is 5.32 Å². The third-order valence-corrected chi connectivity index (χ3v) is 3.11. The van der Waals surface area contributed by atoms with Crippen LogP contribution in [0.1, 0.15) is 5.56 Å². The summed E-state index contributed by atoms with van der Waals surface area (Å²) in [7, 11) is 1.65. The van der Waals surface area contributed by atoms with Crippen LogP contribution in [-0.4, -0.2) is 25.6 Å². The number of hydrogen-bond donors (Lipinski definition) is 1.